The molecule has 5 nitrogen and oxygen atoms in total. The molecule has 0 amide bonds. The Labute approximate surface area is 92.3 Å². The summed E-state index contributed by atoms with van der Waals surface area (Å²) in [6, 6.07) is 11.0. The number of carboxylic acids is 1. The summed E-state index contributed by atoms with van der Waals surface area (Å²) in [4.78, 5) is 12.5. The SMILES string of the molecule is O=C(O)CN(c1ccccc1)c1ccn[nH]1. The molecule has 0 saturated heterocycles. The Morgan fingerprint density at radius 2 is 2.06 bits per heavy atom. The van der Waals surface area contributed by atoms with Gasteiger partial charge in [-0.3, -0.25) is 9.89 Å². The van der Waals surface area contributed by atoms with Gasteiger partial charge in [0.1, 0.15) is 12.4 Å². The predicted molar refractivity (Wildman–Crippen MR) is 59.7 cm³/mol. The van der Waals surface area contributed by atoms with Crippen molar-refractivity contribution in [2.45, 2.75) is 0 Å². The number of benzene rings is 1. The molecule has 0 bridgehead atoms. The van der Waals surface area contributed by atoms with Gasteiger partial charge in [-0.25, -0.2) is 0 Å². The second-order valence-electron chi connectivity index (χ2n) is 3.26. The topological polar surface area (TPSA) is 69.2 Å². The lowest BCUT2D eigenvalue weighted by Crippen LogP contribution is -2.25. The van der Waals surface area contributed by atoms with Gasteiger partial charge in [0, 0.05) is 11.8 Å². The number of rotatable bonds is 4. The fourth-order valence-electron chi connectivity index (χ4n) is 1.46. The zero-order valence-electron chi connectivity index (χ0n) is 8.50. The first-order chi connectivity index (χ1) is 7.77. The first-order valence-corrected chi connectivity index (χ1v) is 4.81. The van der Waals surface area contributed by atoms with Crippen LogP contribution >= 0.6 is 0 Å². The van der Waals surface area contributed by atoms with E-state index in [0.717, 1.165) is 5.69 Å². The Bertz CT molecular complexity index is 453. The van der Waals surface area contributed by atoms with Gasteiger partial charge >= 0.3 is 5.97 Å². The monoisotopic (exact) mass is 217 g/mol. The molecule has 0 saturated carbocycles. The van der Waals surface area contributed by atoms with Crippen molar-refractivity contribution in [1.29, 1.82) is 0 Å². The molecule has 0 aliphatic heterocycles. The summed E-state index contributed by atoms with van der Waals surface area (Å²) in [5.74, 6) is -0.230. The Balaban J connectivity index is 2.32. The summed E-state index contributed by atoms with van der Waals surface area (Å²) in [7, 11) is 0. The molecule has 1 aromatic carbocycles. The number of hydrogen-bond donors (Lipinski definition) is 2. The maximum atomic E-state index is 10.8. The molecule has 0 spiro atoms. The number of anilines is 2. The molecule has 2 rings (SSSR count). The molecule has 0 aliphatic carbocycles. The lowest BCUT2D eigenvalue weighted by Gasteiger charge is -2.20. The van der Waals surface area contributed by atoms with Crippen LogP contribution in [0.4, 0.5) is 11.5 Å². The van der Waals surface area contributed by atoms with Crippen LogP contribution in [0.15, 0.2) is 42.6 Å². The van der Waals surface area contributed by atoms with Gasteiger partial charge in [-0.2, -0.15) is 5.10 Å². The smallest absolute Gasteiger partial charge is 0.323 e. The van der Waals surface area contributed by atoms with Crippen LogP contribution in [-0.2, 0) is 4.79 Å². The molecule has 2 N–H and O–H groups in total. The van der Waals surface area contributed by atoms with Crippen molar-refractivity contribution in [2.24, 2.45) is 0 Å². The number of aromatic nitrogens is 2. The molecule has 2 aromatic rings. The first kappa shape index (κ1) is 10.2. The van der Waals surface area contributed by atoms with Crippen LogP contribution in [-0.4, -0.2) is 27.8 Å². The Hall–Kier alpha value is -2.30. The van der Waals surface area contributed by atoms with E-state index in [4.69, 9.17) is 5.11 Å². The highest BCUT2D eigenvalue weighted by atomic mass is 16.4. The fraction of sp³-hybridized carbons (Fsp3) is 0.0909. The summed E-state index contributed by atoms with van der Waals surface area (Å²) in [6.07, 6.45) is 1.59. The molecule has 16 heavy (non-hydrogen) atoms. The number of nitrogens with zero attached hydrogens (tertiary/aromatic N) is 2. The summed E-state index contributed by atoms with van der Waals surface area (Å²) in [5, 5.41) is 15.4. The highest BCUT2D eigenvalue weighted by Gasteiger charge is 2.13. The third-order valence-electron chi connectivity index (χ3n) is 2.14. The lowest BCUT2D eigenvalue weighted by atomic mass is 10.3. The predicted octanol–water partition coefficient (Wildman–Crippen LogP) is 1.63. The maximum Gasteiger partial charge on any atom is 0.323 e. The zero-order chi connectivity index (χ0) is 11.4. The molecule has 0 fully saturated rings. The third-order valence-corrected chi connectivity index (χ3v) is 2.14. The van der Waals surface area contributed by atoms with E-state index in [0.29, 0.717) is 5.82 Å². The largest absolute Gasteiger partial charge is 0.480 e. The van der Waals surface area contributed by atoms with E-state index < -0.39 is 5.97 Å². The minimum absolute atomic E-state index is 0.105. The molecule has 0 radical (unpaired) electrons. The summed E-state index contributed by atoms with van der Waals surface area (Å²) in [6.45, 7) is -0.105. The van der Waals surface area contributed by atoms with Crippen LogP contribution in [0.25, 0.3) is 0 Å². The van der Waals surface area contributed by atoms with E-state index in [1.165, 1.54) is 0 Å². The molecule has 0 atom stereocenters. The molecule has 1 aromatic heterocycles. The van der Waals surface area contributed by atoms with E-state index >= 15 is 0 Å². The molecular formula is C11H11N3O2. The van der Waals surface area contributed by atoms with E-state index in [9.17, 15) is 4.79 Å². The average Bonchev–Trinajstić information content (AvgIpc) is 2.80. The summed E-state index contributed by atoms with van der Waals surface area (Å²) >= 11 is 0. The normalized spacial score (nSPS) is 10.0. The molecule has 82 valence electrons. The summed E-state index contributed by atoms with van der Waals surface area (Å²) < 4.78 is 0. The van der Waals surface area contributed by atoms with Gasteiger partial charge in [0.15, 0.2) is 0 Å². The summed E-state index contributed by atoms with van der Waals surface area (Å²) in [5.41, 5.74) is 0.814. The second kappa shape index (κ2) is 4.48. The number of nitrogens with one attached hydrogen (secondary N) is 1. The standard InChI is InChI=1S/C11H11N3O2/c15-11(16)8-14(10-6-7-12-13-10)9-4-2-1-3-5-9/h1-7H,8H2,(H,12,13)(H,15,16). The van der Waals surface area contributed by atoms with Crippen LogP contribution in [0, 0.1) is 0 Å². The van der Waals surface area contributed by atoms with Crippen LogP contribution in [0.3, 0.4) is 0 Å². The minimum atomic E-state index is -0.890. The van der Waals surface area contributed by atoms with Crippen molar-refractivity contribution in [3.8, 4) is 0 Å². The van der Waals surface area contributed by atoms with E-state index in [2.05, 4.69) is 10.2 Å². The number of carbonyl (C=O) groups is 1. The van der Waals surface area contributed by atoms with Gasteiger partial charge in [0.25, 0.3) is 0 Å². The second-order valence-corrected chi connectivity index (χ2v) is 3.26. The number of para-hydroxylation sites is 1. The van der Waals surface area contributed by atoms with Crippen LogP contribution < -0.4 is 4.90 Å². The number of hydrogen-bond acceptors (Lipinski definition) is 3. The molecular weight excluding hydrogens is 206 g/mol. The van der Waals surface area contributed by atoms with E-state index in [1.807, 2.05) is 30.3 Å². The van der Waals surface area contributed by atoms with Crippen molar-refractivity contribution in [3.05, 3.63) is 42.6 Å². The number of aromatic amines is 1. The van der Waals surface area contributed by atoms with E-state index in [1.54, 1.807) is 17.2 Å². The van der Waals surface area contributed by atoms with Crippen molar-refractivity contribution >= 4 is 17.5 Å². The van der Waals surface area contributed by atoms with Gasteiger partial charge in [0.05, 0.1) is 6.20 Å². The van der Waals surface area contributed by atoms with Gasteiger partial charge in [-0.1, -0.05) is 18.2 Å². The minimum Gasteiger partial charge on any atom is -0.480 e. The molecule has 0 unspecified atom stereocenters. The fourth-order valence-corrected chi connectivity index (χ4v) is 1.46. The zero-order valence-corrected chi connectivity index (χ0v) is 8.50. The quantitative estimate of drug-likeness (QED) is 0.816. The van der Waals surface area contributed by atoms with Crippen molar-refractivity contribution in [1.82, 2.24) is 10.2 Å². The third kappa shape index (κ3) is 2.20. The Kier molecular flexibility index (Phi) is 2.86. The van der Waals surface area contributed by atoms with E-state index in [-0.39, 0.29) is 6.54 Å². The molecule has 0 aliphatic rings. The Morgan fingerprint density at radius 3 is 2.62 bits per heavy atom. The maximum absolute atomic E-state index is 10.8. The highest BCUT2D eigenvalue weighted by molar-refractivity contribution is 5.77. The van der Waals surface area contributed by atoms with Gasteiger partial charge in [-0.05, 0) is 12.1 Å². The average molecular weight is 217 g/mol. The van der Waals surface area contributed by atoms with Crippen molar-refractivity contribution < 1.29 is 9.90 Å². The van der Waals surface area contributed by atoms with Gasteiger partial charge < -0.3 is 10.0 Å². The van der Waals surface area contributed by atoms with Crippen molar-refractivity contribution in [3.63, 3.8) is 0 Å². The van der Waals surface area contributed by atoms with Gasteiger partial charge in [0.2, 0.25) is 0 Å². The number of aliphatic carboxylic acids is 1. The van der Waals surface area contributed by atoms with Crippen LogP contribution in [0.1, 0.15) is 0 Å². The number of H-pyrrole nitrogens is 1. The number of carboxylic acid groups (broad SMARTS) is 1. The molecule has 5 heteroatoms. The van der Waals surface area contributed by atoms with Crippen LogP contribution in [0.5, 0.6) is 0 Å². The van der Waals surface area contributed by atoms with Gasteiger partial charge in [-0.15, -0.1) is 0 Å². The lowest BCUT2D eigenvalue weighted by molar-refractivity contribution is -0.135. The van der Waals surface area contributed by atoms with Crippen LogP contribution in [0.2, 0.25) is 0 Å². The molecule has 1 heterocycles. The highest BCUT2D eigenvalue weighted by Crippen LogP contribution is 2.21. The Morgan fingerprint density at radius 1 is 1.31 bits per heavy atom. The first-order valence-electron chi connectivity index (χ1n) is 4.81. The van der Waals surface area contributed by atoms with Crippen molar-refractivity contribution in [2.75, 3.05) is 11.4 Å².